The van der Waals surface area contributed by atoms with E-state index in [1.165, 1.54) is 19.1 Å². The van der Waals surface area contributed by atoms with Gasteiger partial charge in [-0.1, -0.05) is 0 Å². The molecule has 9 heteroatoms. The second-order valence-corrected chi connectivity index (χ2v) is 3.90. The van der Waals surface area contributed by atoms with Crippen LogP contribution in [0.25, 0.3) is 0 Å². The van der Waals surface area contributed by atoms with Crippen LogP contribution in [0.2, 0.25) is 0 Å². The van der Waals surface area contributed by atoms with Gasteiger partial charge in [-0.15, -0.1) is 5.10 Å². The second kappa shape index (κ2) is 5.04. The van der Waals surface area contributed by atoms with Crippen LogP contribution < -0.4 is 4.90 Å². The zero-order chi connectivity index (χ0) is 14.0. The summed E-state index contributed by atoms with van der Waals surface area (Å²) >= 11 is 0. The molecule has 1 fully saturated rings. The molecule has 0 bridgehead atoms. The third-order valence-corrected chi connectivity index (χ3v) is 2.75. The van der Waals surface area contributed by atoms with E-state index in [1.54, 1.807) is 0 Å². The van der Waals surface area contributed by atoms with E-state index in [4.69, 9.17) is 0 Å². The Balaban J connectivity index is 2.14. The molecular weight excluding hydrogens is 256 g/mol. The number of aromatic amines is 1. The Morgan fingerprint density at radius 3 is 2.74 bits per heavy atom. The lowest BCUT2D eigenvalue weighted by Crippen LogP contribution is -2.27. The Labute approximate surface area is 107 Å². The summed E-state index contributed by atoms with van der Waals surface area (Å²) < 4.78 is 9.05. The highest BCUT2D eigenvalue weighted by Gasteiger charge is 2.37. The number of anilines is 1. The van der Waals surface area contributed by atoms with E-state index < -0.39 is 17.9 Å². The van der Waals surface area contributed by atoms with Crippen molar-refractivity contribution >= 4 is 23.8 Å². The normalized spacial score (nSPS) is 18.5. The summed E-state index contributed by atoms with van der Waals surface area (Å²) in [5.41, 5.74) is 0. The molecule has 1 unspecified atom stereocenters. The number of nitrogens with one attached hydrogen (secondary N) is 1. The van der Waals surface area contributed by atoms with Crippen molar-refractivity contribution in [3.8, 4) is 0 Å². The van der Waals surface area contributed by atoms with Crippen molar-refractivity contribution in [2.24, 2.45) is 5.92 Å². The molecule has 2 rings (SSSR count). The van der Waals surface area contributed by atoms with E-state index in [9.17, 15) is 14.4 Å². The van der Waals surface area contributed by atoms with Crippen LogP contribution in [0.4, 0.5) is 5.95 Å². The van der Waals surface area contributed by atoms with Gasteiger partial charge in [-0.05, 0) is 0 Å². The fourth-order valence-corrected chi connectivity index (χ4v) is 1.79. The molecule has 1 amide bonds. The Morgan fingerprint density at radius 1 is 1.37 bits per heavy atom. The summed E-state index contributed by atoms with van der Waals surface area (Å²) in [7, 11) is 2.47. The molecule has 1 aliphatic rings. The van der Waals surface area contributed by atoms with Crippen LogP contribution in [-0.2, 0) is 19.1 Å². The van der Waals surface area contributed by atoms with Gasteiger partial charge in [0.1, 0.15) is 0 Å². The number of aromatic nitrogens is 3. The minimum absolute atomic E-state index is 0.0365. The van der Waals surface area contributed by atoms with Crippen molar-refractivity contribution in [2.75, 3.05) is 25.7 Å². The molecule has 0 radical (unpaired) electrons. The van der Waals surface area contributed by atoms with Crippen molar-refractivity contribution in [2.45, 2.75) is 6.42 Å². The number of ether oxygens (including phenoxy) is 2. The lowest BCUT2D eigenvalue weighted by Gasteiger charge is -2.10. The van der Waals surface area contributed by atoms with Gasteiger partial charge < -0.3 is 9.47 Å². The number of methoxy groups -OCH3 is 2. The summed E-state index contributed by atoms with van der Waals surface area (Å²) in [5.74, 6) is -2.05. The van der Waals surface area contributed by atoms with Gasteiger partial charge in [0.2, 0.25) is 11.7 Å². The fraction of sp³-hybridized carbons (Fsp3) is 0.500. The van der Waals surface area contributed by atoms with Crippen molar-refractivity contribution in [1.82, 2.24) is 15.2 Å². The molecule has 0 saturated carbocycles. The zero-order valence-corrected chi connectivity index (χ0v) is 10.4. The summed E-state index contributed by atoms with van der Waals surface area (Å²) in [6.45, 7) is 0.129. The summed E-state index contributed by atoms with van der Waals surface area (Å²) in [5, 5.41) is 6.12. The summed E-state index contributed by atoms with van der Waals surface area (Å²) in [4.78, 5) is 39.4. The standard InChI is InChI=1S/C10H12N4O5/c1-18-8(16)5-3-6(15)14(4-5)10-11-7(12-13-10)9(17)19-2/h5H,3-4H2,1-2H3,(H,11,12,13). The molecule has 1 N–H and O–H groups in total. The second-order valence-electron chi connectivity index (χ2n) is 3.90. The first kappa shape index (κ1) is 13.0. The summed E-state index contributed by atoms with van der Waals surface area (Å²) in [6, 6.07) is 0. The van der Waals surface area contributed by atoms with E-state index >= 15 is 0 Å². The monoisotopic (exact) mass is 268 g/mol. The Morgan fingerprint density at radius 2 is 2.11 bits per heavy atom. The van der Waals surface area contributed by atoms with Crippen LogP contribution in [0.5, 0.6) is 0 Å². The first-order valence-electron chi connectivity index (χ1n) is 5.45. The predicted octanol–water partition coefficient (Wildman–Crippen LogP) is -0.883. The molecule has 19 heavy (non-hydrogen) atoms. The largest absolute Gasteiger partial charge is 0.469 e. The number of nitrogens with zero attached hydrogens (tertiary/aromatic N) is 3. The van der Waals surface area contributed by atoms with Gasteiger partial charge in [-0.2, -0.15) is 4.98 Å². The molecule has 0 aromatic carbocycles. The van der Waals surface area contributed by atoms with Gasteiger partial charge in [-0.25, -0.2) is 4.79 Å². The third kappa shape index (κ3) is 2.39. The summed E-state index contributed by atoms with van der Waals surface area (Å²) in [6.07, 6.45) is 0.0365. The van der Waals surface area contributed by atoms with Crippen LogP contribution in [0, 0.1) is 5.92 Å². The number of hydrogen-bond donors (Lipinski definition) is 1. The first-order chi connectivity index (χ1) is 9.06. The van der Waals surface area contributed by atoms with Crippen LogP contribution in [0.15, 0.2) is 0 Å². The highest BCUT2D eigenvalue weighted by atomic mass is 16.5. The number of amides is 1. The van der Waals surface area contributed by atoms with Crippen molar-refractivity contribution in [1.29, 1.82) is 0 Å². The average molecular weight is 268 g/mol. The van der Waals surface area contributed by atoms with Crippen LogP contribution in [0.1, 0.15) is 17.0 Å². The van der Waals surface area contributed by atoms with E-state index in [2.05, 4.69) is 24.7 Å². The van der Waals surface area contributed by atoms with Gasteiger partial charge in [0.05, 0.1) is 20.1 Å². The number of rotatable bonds is 3. The number of carbonyl (C=O) groups is 3. The third-order valence-electron chi connectivity index (χ3n) is 2.75. The SMILES string of the molecule is COC(=O)c1nc(N2CC(C(=O)OC)CC2=O)n[nH]1. The smallest absolute Gasteiger partial charge is 0.375 e. The lowest BCUT2D eigenvalue weighted by atomic mass is 10.1. The van der Waals surface area contributed by atoms with Crippen molar-refractivity contribution in [3.05, 3.63) is 5.82 Å². The highest BCUT2D eigenvalue weighted by Crippen LogP contribution is 2.22. The Kier molecular flexibility index (Phi) is 3.45. The maximum Gasteiger partial charge on any atom is 0.375 e. The Bertz CT molecular complexity index is 526. The molecule has 0 spiro atoms. The molecule has 1 atom stereocenters. The Hall–Kier alpha value is -2.45. The van der Waals surface area contributed by atoms with E-state index in [1.807, 2.05) is 0 Å². The predicted molar refractivity (Wildman–Crippen MR) is 60.2 cm³/mol. The molecule has 1 aliphatic heterocycles. The van der Waals surface area contributed by atoms with Gasteiger partial charge in [0.15, 0.2) is 0 Å². The first-order valence-corrected chi connectivity index (χ1v) is 5.45. The minimum Gasteiger partial charge on any atom is -0.469 e. The molecule has 102 valence electrons. The maximum atomic E-state index is 11.8. The van der Waals surface area contributed by atoms with Crippen LogP contribution in [-0.4, -0.2) is 53.8 Å². The maximum absolute atomic E-state index is 11.8. The molecule has 1 saturated heterocycles. The van der Waals surface area contributed by atoms with Crippen molar-refractivity contribution < 1.29 is 23.9 Å². The van der Waals surface area contributed by atoms with Gasteiger partial charge in [-0.3, -0.25) is 19.6 Å². The topological polar surface area (TPSA) is 114 Å². The van der Waals surface area contributed by atoms with E-state index in [0.717, 1.165) is 0 Å². The van der Waals surface area contributed by atoms with E-state index in [0.29, 0.717) is 0 Å². The molecular formula is C10H12N4O5. The number of esters is 2. The highest BCUT2D eigenvalue weighted by molar-refractivity contribution is 5.98. The number of hydrogen-bond acceptors (Lipinski definition) is 7. The van der Waals surface area contributed by atoms with Crippen molar-refractivity contribution in [3.63, 3.8) is 0 Å². The van der Waals surface area contributed by atoms with Gasteiger partial charge >= 0.3 is 11.9 Å². The zero-order valence-electron chi connectivity index (χ0n) is 10.4. The van der Waals surface area contributed by atoms with Gasteiger partial charge in [0, 0.05) is 13.0 Å². The lowest BCUT2D eigenvalue weighted by molar-refractivity contribution is -0.145. The fourth-order valence-electron chi connectivity index (χ4n) is 1.79. The van der Waals surface area contributed by atoms with Gasteiger partial charge in [0.25, 0.3) is 5.95 Å². The molecule has 0 aliphatic carbocycles. The number of H-pyrrole nitrogens is 1. The average Bonchev–Trinajstić information content (AvgIpc) is 3.03. The van der Waals surface area contributed by atoms with Crippen LogP contribution in [0.3, 0.4) is 0 Å². The molecule has 1 aromatic rings. The minimum atomic E-state index is -0.685. The van der Waals surface area contributed by atoms with E-state index in [-0.39, 0.29) is 30.6 Å². The quantitative estimate of drug-likeness (QED) is 0.707. The van der Waals surface area contributed by atoms with Crippen LogP contribution >= 0.6 is 0 Å². The number of carbonyl (C=O) groups excluding carboxylic acids is 3. The molecule has 9 nitrogen and oxygen atoms in total. The molecule has 2 heterocycles. The molecule has 1 aromatic heterocycles.